The molecule has 1 aromatic carbocycles. The van der Waals surface area contributed by atoms with Crippen molar-refractivity contribution in [3.8, 4) is 5.88 Å². The number of amides is 2. The number of thioether (sulfide) groups is 1. The summed E-state index contributed by atoms with van der Waals surface area (Å²) in [5.74, 6) is 1.82. The largest absolute Gasteiger partial charge is 0.414 e. The van der Waals surface area contributed by atoms with Crippen molar-refractivity contribution in [2.45, 2.75) is 0 Å². The Labute approximate surface area is 136 Å². The number of hydrogen-bond acceptors (Lipinski definition) is 4. The molecule has 0 radical (unpaired) electrons. The lowest BCUT2D eigenvalue weighted by atomic mass is 10.2. The zero-order valence-corrected chi connectivity index (χ0v) is 13.2. The van der Waals surface area contributed by atoms with Crippen LogP contribution in [0.3, 0.4) is 0 Å². The number of fused-ring (bicyclic) bond motifs is 1. The van der Waals surface area contributed by atoms with Crippen LogP contribution in [-0.2, 0) is 4.79 Å². The molecule has 1 fully saturated rings. The number of carbonyl (C=O) groups is 2. The van der Waals surface area contributed by atoms with Gasteiger partial charge in [-0.05, 0) is 18.2 Å². The summed E-state index contributed by atoms with van der Waals surface area (Å²) in [6.07, 6.45) is -0.669. The van der Waals surface area contributed by atoms with Gasteiger partial charge in [-0.3, -0.25) is 4.79 Å². The van der Waals surface area contributed by atoms with E-state index in [4.69, 9.17) is 16.3 Å². The lowest BCUT2D eigenvalue weighted by Gasteiger charge is -2.14. The first-order chi connectivity index (χ1) is 10.6. The highest BCUT2D eigenvalue weighted by Gasteiger charge is 2.19. The molecular formula is C14H14ClN3O3S. The Kier molecular flexibility index (Phi) is 4.44. The van der Waals surface area contributed by atoms with Gasteiger partial charge < -0.3 is 19.9 Å². The molecule has 0 aliphatic carbocycles. The van der Waals surface area contributed by atoms with Crippen LogP contribution < -0.4 is 10.1 Å². The monoisotopic (exact) mass is 339 g/mol. The number of halogens is 1. The number of aromatic amines is 1. The van der Waals surface area contributed by atoms with Gasteiger partial charge in [0.2, 0.25) is 11.8 Å². The quantitative estimate of drug-likeness (QED) is 0.900. The molecule has 1 aliphatic heterocycles. The molecule has 0 unspecified atom stereocenters. The van der Waals surface area contributed by atoms with Crippen LogP contribution >= 0.6 is 23.4 Å². The Bertz CT molecular complexity index is 712. The van der Waals surface area contributed by atoms with E-state index in [0.717, 1.165) is 23.2 Å². The minimum Gasteiger partial charge on any atom is -0.393 e. The van der Waals surface area contributed by atoms with Gasteiger partial charge in [0.15, 0.2) is 0 Å². The first-order valence-corrected chi connectivity index (χ1v) is 8.24. The topological polar surface area (TPSA) is 74.4 Å². The van der Waals surface area contributed by atoms with Crippen molar-refractivity contribution < 1.29 is 14.3 Å². The minimum atomic E-state index is -0.669. The van der Waals surface area contributed by atoms with Crippen LogP contribution in [0.4, 0.5) is 4.79 Å². The fourth-order valence-corrected chi connectivity index (χ4v) is 3.29. The summed E-state index contributed by atoms with van der Waals surface area (Å²) in [5, 5.41) is 3.91. The minimum absolute atomic E-state index is 0.0640. The Hall–Kier alpha value is -1.86. The first-order valence-electron chi connectivity index (χ1n) is 6.71. The predicted molar refractivity (Wildman–Crippen MR) is 86.4 cm³/mol. The lowest BCUT2D eigenvalue weighted by molar-refractivity contribution is -0.128. The van der Waals surface area contributed by atoms with Crippen molar-refractivity contribution >= 4 is 46.3 Å². The molecular weight excluding hydrogens is 326 g/mol. The molecule has 6 nitrogen and oxygen atoms in total. The molecule has 1 saturated heterocycles. The average molecular weight is 340 g/mol. The maximum atomic E-state index is 11.8. The molecule has 1 aliphatic rings. The van der Waals surface area contributed by atoms with E-state index in [1.807, 2.05) is 0 Å². The van der Waals surface area contributed by atoms with Crippen LogP contribution in [0.1, 0.15) is 0 Å². The van der Waals surface area contributed by atoms with E-state index in [-0.39, 0.29) is 12.5 Å². The lowest BCUT2D eigenvalue weighted by Crippen LogP contribution is -2.39. The van der Waals surface area contributed by atoms with Gasteiger partial charge in [0.05, 0.1) is 5.88 Å². The van der Waals surface area contributed by atoms with Gasteiger partial charge in [-0.15, -0.1) is 11.8 Å². The van der Waals surface area contributed by atoms with Crippen molar-refractivity contribution in [2.75, 3.05) is 24.7 Å². The number of rotatable bonds is 3. The molecule has 0 atom stereocenters. The molecule has 3 rings (SSSR count). The number of H-pyrrole nitrogens is 1. The van der Waals surface area contributed by atoms with E-state index in [1.54, 1.807) is 40.9 Å². The molecule has 2 heterocycles. The number of benzene rings is 1. The third-order valence-corrected chi connectivity index (χ3v) is 4.45. The first kappa shape index (κ1) is 15.1. The zero-order valence-electron chi connectivity index (χ0n) is 11.6. The molecule has 2 N–H and O–H groups in total. The zero-order chi connectivity index (χ0) is 15.5. The van der Waals surface area contributed by atoms with Gasteiger partial charge in [-0.2, -0.15) is 0 Å². The number of nitrogens with one attached hydrogen (secondary N) is 2. The highest BCUT2D eigenvalue weighted by atomic mass is 35.5. The maximum Gasteiger partial charge on any atom is 0.414 e. The standard InChI is InChI=1S/C14H14ClN3O3S/c15-10-1-2-11-9(5-10)6-12(17-11)21-14(20)16-7-13(19)18-3-4-22-8-18/h1-2,5-6,17H,3-4,7-8H2,(H,16,20). The summed E-state index contributed by atoms with van der Waals surface area (Å²) in [6, 6.07) is 7.00. The SMILES string of the molecule is O=C(NCC(=O)N1CCSC1)Oc1cc2cc(Cl)ccc2[nH]1. The fraction of sp³-hybridized carbons (Fsp3) is 0.286. The highest BCUT2D eigenvalue weighted by Crippen LogP contribution is 2.23. The Balaban J connectivity index is 1.55. The normalized spacial score (nSPS) is 14.3. The van der Waals surface area contributed by atoms with Gasteiger partial charge in [-0.25, -0.2) is 4.79 Å². The van der Waals surface area contributed by atoms with Crippen molar-refractivity contribution in [3.05, 3.63) is 29.3 Å². The summed E-state index contributed by atoms with van der Waals surface area (Å²) in [6.45, 7) is 0.661. The smallest absolute Gasteiger partial charge is 0.393 e. The van der Waals surface area contributed by atoms with Crippen molar-refractivity contribution in [1.82, 2.24) is 15.2 Å². The van der Waals surface area contributed by atoms with E-state index in [2.05, 4.69) is 10.3 Å². The number of ether oxygens (including phenoxy) is 1. The fourth-order valence-electron chi connectivity index (χ4n) is 2.14. The Morgan fingerprint density at radius 2 is 2.27 bits per heavy atom. The van der Waals surface area contributed by atoms with Gasteiger partial charge in [-0.1, -0.05) is 11.6 Å². The molecule has 116 valence electrons. The Morgan fingerprint density at radius 3 is 3.05 bits per heavy atom. The van der Waals surface area contributed by atoms with Crippen LogP contribution in [-0.4, -0.2) is 46.6 Å². The van der Waals surface area contributed by atoms with E-state index in [1.165, 1.54) is 0 Å². The third kappa shape index (κ3) is 3.48. The number of carbonyl (C=O) groups excluding carboxylic acids is 2. The molecule has 2 amide bonds. The van der Waals surface area contributed by atoms with E-state index in [0.29, 0.717) is 16.8 Å². The van der Waals surface area contributed by atoms with Crippen LogP contribution in [0.5, 0.6) is 5.88 Å². The molecule has 8 heteroatoms. The van der Waals surface area contributed by atoms with Crippen LogP contribution in [0.2, 0.25) is 5.02 Å². The van der Waals surface area contributed by atoms with E-state index < -0.39 is 6.09 Å². The molecule has 0 saturated carbocycles. The molecule has 22 heavy (non-hydrogen) atoms. The highest BCUT2D eigenvalue weighted by molar-refractivity contribution is 7.99. The Morgan fingerprint density at radius 1 is 1.41 bits per heavy atom. The van der Waals surface area contributed by atoms with Gasteiger partial charge in [0, 0.05) is 34.3 Å². The number of hydrogen-bond donors (Lipinski definition) is 2. The van der Waals surface area contributed by atoms with Crippen LogP contribution in [0, 0.1) is 0 Å². The van der Waals surface area contributed by atoms with Gasteiger partial charge in [0.25, 0.3) is 0 Å². The summed E-state index contributed by atoms with van der Waals surface area (Å²) in [4.78, 5) is 28.2. The third-order valence-electron chi connectivity index (χ3n) is 3.25. The second-order valence-corrected chi connectivity index (χ2v) is 6.31. The molecule has 0 spiro atoms. The summed E-state index contributed by atoms with van der Waals surface area (Å²) in [7, 11) is 0. The van der Waals surface area contributed by atoms with E-state index >= 15 is 0 Å². The summed E-state index contributed by atoms with van der Waals surface area (Å²) in [5.41, 5.74) is 0.817. The second kappa shape index (κ2) is 6.50. The maximum absolute atomic E-state index is 11.8. The predicted octanol–water partition coefficient (Wildman–Crippen LogP) is 2.44. The van der Waals surface area contributed by atoms with Crippen molar-refractivity contribution in [3.63, 3.8) is 0 Å². The molecule has 2 aromatic rings. The van der Waals surface area contributed by atoms with Crippen LogP contribution in [0.25, 0.3) is 10.9 Å². The van der Waals surface area contributed by atoms with E-state index in [9.17, 15) is 9.59 Å². The van der Waals surface area contributed by atoms with Gasteiger partial charge in [0.1, 0.15) is 6.54 Å². The van der Waals surface area contributed by atoms with Gasteiger partial charge >= 0.3 is 6.09 Å². The molecule has 1 aromatic heterocycles. The van der Waals surface area contributed by atoms with Crippen molar-refractivity contribution in [2.24, 2.45) is 0 Å². The average Bonchev–Trinajstić information content (AvgIpc) is 3.13. The van der Waals surface area contributed by atoms with Crippen molar-refractivity contribution in [1.29, 1.82) is 0 Å². The number of nitrogens with zero attached hydrogens (tertiary/aromatic N) is 1. The van der Waals surface area contributed by atoms with Crippen LogP contribution in [0.15, 0.2) is 24.3 Å². The second-order valence-electron chi connectivity index (χ2n) is 4.80. The number of aromatic nitrogens is 1. The summed E-state index contributed by atoms with van der Waals surface area (Å²) < 4.78 is 5.13. The summed E-state index contributed by atoms with van der Waals surface area (Å²) >= 11 is 7.60. The molecule has 0 bridgehead atoms.